The van der Waals surface area contributed by atoms with Gasteiger partial charge in [0.1, 0.15) is 5.69 Å². The van der Waals surface area contributed by atoms with Gasteiger partial charge in [0.05, 0.1) is 24.5 Å². The van der Waals surface area contributed by atoms with Crippen LogP contribution in [0.4, 0.5) is 0 Å². The van der Waals surface area contributed by atoms with Crippen LogP contribution in [0.15, 0.2) is 0 Å². The Labute approximate surface area is 163 Å². The zero-order valence-corrected chi connectivity index (χ0v) is 17.1. The van der Waals surface area contributed by atoms with E-state index in [1.807, 2.05) is 0 Å². The van der Waals surface area contributed by atoms with Crippen molar-refractivity contribution >= 4 is 17.7 Å². The van der Waals surface area contributed by atoms with Crippen LogP contribution < -0.4 is 0 Å². The second-order valence-corrected chi connectivity index (χ2v) is 6.87. The number of Topliss-reactive ketones (excluding diaryl/α,β-unsaturated/α-hetero) is 1. The van der Waals surface area contributed by atoms with Gasteiger partial charge in [0.25, 0.3) is 0 Å². The van der Waals surface area contributed by atoms with E-state index >= 15 is 0 Å². The Morgan fingerprint density at radius 3 is 1.96 bits per heavy atom. The van der Waals surface area contributed by atoms with E-state index in [0.29, 0.717) is 33.6 Å². The fraction of sp³-hybridized carbons (Fsp3) is 0.450. The van der Waals surface area contributed by atoms with Crippen LogP contribution in [0.2, 0.25) is 0 Å². The van der Waals surface area contributed by atoms with Gasteiger partial charge < -0.3 is 24.5 Å². The predicted octanol–water partition coefficient (Wildman–Crippen LogP) is 2.84. The van der Waals surface area contributed by atoms with Gasteiger partial charge in [-0.15, -0.1) is 0 Å². The molecular weight excluding hydrogens is 364 g/mol. The summed E-state index contributed by atoms with van der Waals surface area (Å²) in [5.41, 5.74) is 3.51. The lowest BCUT2D eigenvalue weighted by atomic mass is 10.1. The number of aromatic nitrogens is 2. The minimum absolute atomic E-state index is 0.197. The van der Waals surface area contributed by atoms with Crippen LogP contribution >= 0.6 is 0 Å². The van der Waals surface area contributed by atoms with Gasteiger partial charge >= 0.3 is 11.9 Å². The lowest BCUT2D eigenvalue weighted by Crippen LogP contribution is -2.26. The molecule has 0 spiro atoms. The van der Waals surface area contributed by atoms with Crippen LogP contribution in [-0.4, -0.2) is 46.0 Å². The molecular formula is C20H26N2O6. The Hall–Kier alpha value is -2.87. The number of aliphatic hydroxyl groups is 1. The maximum atomic E-state index is 12.8. The van der Waals surface area contributed by atoms with Crippen molar-refractivity contribution in [2.24, 2.45) is 0 Å². The van der Waals surface area contributed by atoms with E-state index in [0.717, 1.165) is 0 Å². The lowest BCUT2D eigenvalue weighted by molar-refractivity contribution is 0.0310. The van der Waals surface area contributed by atoms with Gasteiger partial charge in [0, 0.05) is 17.0 Å². The molecule has 28 heavy (non-hydrogen) atoms. The van der Waals surface area contributed by atoms with Crippen LogP contribution in [-0.2, 0) is 9.47 Å². The van der Waals surface area contributed by atoms with Crippen LogP contribution in [0, 0.1) is 27.7 Å². The quantitative estimate of drug-likeness (QED) is 0.515. The second kappa shape index (κ2) is 8.02. The molecule has 0 aliphatic heterocycles. The highest BCUT2D eigenvalue weighted by molar-refractivity contribution is 6.04. The van der Waals surface area contributed by atoms with E-state index in [2.05, 4.69) is 9.97 Å². The summed E-state index contributed by atoms with van der Waals surface area (Å²) in [5, 5.41) is 9.86. The molecule has 0 bridgehead atoms. The fourth-order valence-corrected chi connectivity index (χ4v) is 3.48. The Bertz CT molecular complexity index is 935. The molecule has 0 unspecified atom stereocenters. The number of ketones is 1. The van der Waals surface area contributed by atoms with Crippen molar-refractivity contribution in [2.45, 2.75) is 53.8 Å². The number of methoxy groups -OCH3 is 1. The van der Waals surface area contributed by atoms with Crippen LogP contribution in [0.1, 0.15) is 79.4 Å². The first-order valence-corrected chi connectivity index (χ1v) is 8.90. The number of aryl methyl sites for hydroxylation is 2. The highest BCUT2D eigenvalue weighted by Gasteiger charge is 2.29. The first-order valence-electron chi connectivity index (χ1n) is 8.90. The van der Waals surface area contributed by atoms with Crippen molar-refractivity contribution in [3.05, 3.63) is 45.0 Å². The van der Waals surface area contributed by atoms with Crippen molar-refractivity contribution in [3.63, 3.8) is 0 Å². The molecule has 0 fully saturated rings. The van der Waals surface area contributed by atoms with E-state index in [-0.39, 0.29) is 11.4 Å². The zero-order chi connectivity index (χ0) is 21.3. The molecule has 0 saturated carbocycles. The van der Waals surface area contributed by atoms with Crippen LogP contribution in [0.5, 0.6) is 0 Å². The lowest BCUT2D eigenvalue weighted by Gasteiger charge is -2.12. The average Bonchev–Trinajstić information content (AvgIpc) is 3.08. The number of carbonyl (C=O) groups excluding carboxylic acids is 3. The van der Waals surface area contributed by atoms with Crippen molar-refractivity contribution in [1.29, 1.82) is 0 Å². The number of esters is 2. The highest BCUT2D eigenvalue weighted by Crippen LogP contribution is 2.26. The molecule has 8 heteroatoms. The number of carbonyl (C=O) groups is 3. The third-order valence-corrected chi connectivity index (χ3v) is 4.84. The van der Waals surface area contributed by atoms with Crippen molar-refractivity contribution in [3.8, 4) is 0 Å². The van der Waals surface area contributed by atoms with E-state index < -0.39 is 29.9 Å². The summed E-state index contributed by atoms with van der Waals surface area (Å²) in [5.74, 6) is -1.69. The number of hydrogen-bond donors (Lipinski definition) is 3. The van der Waals surface area contributed by atoms with Gasteiger partial charge in [-0.3, -0.25) is 4.79 Å². The Morgan fingerprint density at radius 1 is 0.893 bits per heavy atom. The van der Waals surface area contributed by atoms with E-state index in [1.165, 1.54) is 14.0 Å². The number of aliphatic hydroxyl groups excluding tert-OH is 1. The smallest absolute Gasteiger partial charge is 0.355 e. The van der Waals surface area contributed by atoms with Crippen LogP contribution in [0.25, 0.3) is 0 Å². The molecule has 0 radical (unpaired) electrons. The third kappa shape index (κ3) is 3.73. The molecule has 2 aromatic rings. The summed E-state index contributed by atoms with van der Waals surface area (Å²) < 4.78 is 10.1. The minimum atomic E-state index is -1.08. The summed E-state index contributed by atoms with van der Waals surface area (Å²) in [6.45, 7) is 9.82. The topological polar surface area (TPSA) is 121 Å². The molecule has 2 aromatic heterocycles. The summed E-state index contributed by atoms with van der Waals surface area (Å²) in [6.07, 6.45) is -1.81. The molecule has 8 nitrogen and oxygen atoms in total. The van der Waals surface area contributed by atoms with E-state index in [4.69, 9.17) is 9.47 Å². The largest absolute Gasteiger partial charge is 0.465 e. The zero-order valence-electron chi connectivity index (χ0n) is 17.1. The number of ether oxygens (including phenoxy) is 2. The Balaban J connectivity index is 2.25. The van der Waals surface area contributed by atoms with Gasteiger partial charge in [0.2, 0.25) is 5.78 Å². The van der Waals surface area contributed by atoms with Crippen molar-refractivity contribution < 1.29 is 29.0 Å². The maximum Gasteiger partial charge on any atom is 0.355 e. The molecule has 0 amide bonds. The molecule has 0 aromatic carbocycles. The molecule has 0 aliphatic carbocycles. The minimum Gasteiger partial charge on any atom is -0.465 e. The third-order valence-electron chi connectivity index (χ3n) is 4.84. The molecule has 0 saturated heterocycles. The van der Waals surface area contributed by atoms with E-state index in [9.17, 15) is 19.5 Å². The number of rotatable bonds is 6. The summed E-state index contributed by atoms with van der Waals surface area (Å²) in [6, 6.07) is 0. The Kier molecular flexibility index (Phi) is 6.14. The molecule has 2 heterocycles. The fourth-order valence-electron chi connectivity index (χ4n) is 3.48. The van der Waals surface area contributed by atoms with Gasteiger partial charge in [-0.1, -0.05) is 0 Å². The monoisotopic (exact) mass is 390 g/mol. The Morgan fingerprint density at radius 2 is 1.46 bits per heavy atom. The summed E-state index contributed by atoms with van der Waals surface area (Å²) >= 11 is 0. The summed E-state index contributed by atoms with van der Waals surface area (Å²) in [4.78, 5) is 43.0. The van der Waals surface area contributed by atoms with Crippen molar-refractivity contribution in [2.75, 3.05) is 7.11 Å². The molecule has 0 aliphatic rings. The predicted molar refractivity (Wildman–Crippen MR) is 102 cm³/mol. The highest BCUT2D eigenvalue weighted by atomic mass is 16.5. The standard InChI is InChI=1S/C20H26N2O6/c1-8-14(12(5)23)10(3)22-17(8)20(26)28-13(6)18(24)16-9(2)15(11(4)21-16)19(25)27-7/h12-13,21-23H,1-7H3/t12-,13-/m1/s1. The number of H-pyrrole nitrogens is 2. The van der Waals surface area contributed by atoms with Gasteiger partial charge in [-0.05, 0) is 52.7 Å². The molecule has 152 valence electrons. The number of hydrogen-bond acceptors (Lipinski definition) is 6. The second-order valence-electron chi connectivity index (χ2n) is 6.87. The molecule has 2 atom stereocenters. The number of aromatic amines is 2. The van der Waals surface area contributed by atoms with Gasteiger partial charge in [-0.25, -0.2) is 9.59 Å². The van der Waals surface area contributed by atoms with Gasteiger partial charge in [-0.2, -0.15) is 0 Å². The van der Waals surface area contributed by atoms with E-state index in [1.54, 1.807) is 34.6 Å². The first-order chi connectivity index (χ1) is 13.0. The average molecular weight is 390 g/mol. The van der Waals surface area contributed by atoms with Gasteiger partial charge in [0.15, 0.2) is 6.10 Å². The maximum absolute atomic E-state index is 12.8. The SMILES string of the molecule is COC(=O)c1c(C)[nH]c(C(=O)[C@@H](C)OC(=O)c2[nH]c(C)c([C@@H](C)O)c2C)c1C. The molecule has 3 N–H and O–H groups in total. The molecule has 2 rings (SSSR count). The number of nitrogens with one attached hydrogen (secondary N) is 2. The van der Waals surface area contributed by atoms with Crippen molar-refractivity contribution in [1.82, 2.24) is 9.97 Å². The summed E-state index contributed by atoms with van der Waals surface area (Å²) in [7, 11) is 1.27. The van der Waals surface area contributed by atoms with Crippen LogP contribution in [0.3, 0.4) is 0 Å². The first kappa shape index (κ1) is 21.4. The normalized spacial score (nSPS) is 13.1.